The molecule has 0 aromatic heterocycles. The number of hydrogen-bond donors (Lipinski definition) is 3. The van der Waals surface area contributed by atoms with Crippen molar-refractivity contribution in [2.75, 3.05) is 13.3 Å². The fourth-order valence-electron chi connectivity index (χ4n) is 1.55. The standard InChI is InChI=1S/C12H20N2O8S2/c1-5-10(15)14-7-22-24(20,21)12(23(17,18)19)9(4)6-13-11(16)8(2)3/h5,9,12H,1-2,6-7H2,3-4H3,(H,13,16)(H,14,15)(H,17,18,19). The normalized spacial score (nSPS) is 14.3. The van der Waals surface area contributed by atoms with Gasteiger partial charge in [-0.25, -0.2) is 4.18 Å². The minimum atomic E-state index is -5.07. The third kappa shape index (κ3) is 7.21. The van der Waals surface area contributed by atoms with Gasteiger partial charge in [-0.1, -0.05) is 20.1 Å². The van der Waals surface area contributed by atoms with E-state index in [4.69, 9.17) is 0 Å². The van der Waals surface area contributed by atoms with Crippen LogP contribution in [0.15, 0.2) is 24.8 Å². The lowest BCUT2D eigenvalue weighted by Gasteiger charge is -2.21. The molecule has 10 nitrogen and oxygen atoms in total. The molecule has 0 aromatic carbocycles. The van der Waals surface area contributed by atoms with Crippen LogP contribution in [0, 0.1) is 5.92 Å². The van der Waals surface area contributed by atoms with Crippen LogP contribution in [0.4, 0.5) is 0 Å². The summed E-state index contributed by atoms with van der Waals surface area (Å²) in [5.74, 6) is -2.59. The molecule has 0 aromatic rings. The summed E-state index contributed by atoms with van der Waals surface area (Å²) in [4.78, 5) is 22.3. The summed E-state index contributed by atoms with van der Waals surface area (Å²) < 4.78 is 58.1. The first-order chi connectivity index (χ1) is 10.8. The minimum absolute atomic E-state index is 0.136. The molecule has 0 saturated heterocycles. The van der Waals surface area contributed by atoms with Gasteiger partial charge in [0.05, 0.1) is 0 Å². The molecule has 0 aliphatic carbocycles. The molecule has 12 heteroatoms. The number of amides is 2. The van der Waals surface area contributed by atoms with Gasteiger partial charge in [-0.2, -0.15) is 16.8 Å². The zero-order valence-corrected chi connectivity index (χ0v) is 14.8. The molecule has 2 unspecified atom stereocenters. The maximum Gasteiger partial charge on any atom is 0.289 e. The summed E-state index contributed by atoms with van der Waals surface area (Å²) in [6, 6.07) is 0. The summed E-state index contributed by atoms with van der Waals surface area (Å²) in [5, 5.41) is 4.26. The second-order valence-corrected chi connectivity index (χ2v) is 8.42. The number of nitrogens with one attached hydrogen (secondary N) is 2. The van der Waals surface area contributed by atoms with Gasteiger partial charge in [-0.15, -0.1) is 0 Å². The van der Waals surface area contributed by atoms with Crippen LogP contribution in [-0.2, 0) is 34.0 Å². The molecule has 2 amide bonds. The van der Waals surface area contributed by atoms with Crippen molar-refractivity contribution in [2.45, 2.75) is 18.4 Å². The zero-order chi connectivity index (χ0) is 19.1. The molecule has 0 saturated carbocycles. The van der Waals surface area contributed by atoms with Crippen LogP contribution in [0.25, 0.3) is 0 Å². The lowest BCUT2D eigenvalue weighted by Crippen LogP contribution is -2.43. The van der Waals surface area contributed by atoms with Crippen molar-refractivity contribution >= 4 is 32.1 Å². The van der Waals surface area contributed by atoms with E-state index in [9.17, 15) is 31.0 Å². The zero-order valence-electron chi connectivity index (χ0n) is 13.2. The van der Waals surface area contributed by atoms with E-state index in [1.807, 2.05) is 5.32 Å². The van der Waals surface area contributed by atoms with Gasteiger partial charge in [0.1, 0.15) is 6.73 Å². The molecule has 2 atom stereocenters. The second-order valence-electron chi connectivity index (χ2n) is 4.85. The Morgan fingerprint density at radius 2 is 1.79 bits per heavy atom. The van der Waals surface area contributed by atoms with Crippen molar-refractivity contribution in [3.05, 3.63) is 24.8 Å². The summed E-state index contributed by atoms with van der Waals surface area (Å²) >= 11 is 0. The molecular formula is C12H20N2O8S2. The first-order valence-electron chi connectivity index (χ1n) is 6.51. The summed E-state index contributed by atoms with van der Waals surface area (Å²) in [6.45, 7) is 7.87. The Bertz CT molecular complexity index is 711. The van der Waals surface area contributed by atoms with Crippen LogP contribution in [0.1, 0.15) is 13.8 Å². The van der Waals surface area contributed by atoms with E-state index in [-0.39, 0.29) is 12.1 Å². The number of hydrogen-bond acceptors (Lipinski definition) is 7. The topological polar surface area (TPSA) is 156 Å². The van der Waals surface area contributed by atoms with Crippen molar-refractivity contribution in [2.24, 2.45) is 5.92 Å². The third-order valence-electron chi connectivity index (χ3n) is 2.67. The van der Waals surface area contributed by atoms with Gasteiger partial charge >= 0.3 is 0 Å². The lowest BCUT2D eigenvalue weighted by molar-refractivity contribution is -0.118. The maximum absolute atomic E-state index is 12.0. The highest BCUT2D eigenvalue weighted by Crippen LogP contribution is 2.19. The summed E-state index contributed by atoms with van der Waals surface area (Å²) in [5.41, 5.74) is 0.136. The first-order valence-corrected chi connectivity index (χ1v) is 9.49. The number of rotatable bonds is 10. The lowest BCUT2D eigenvalue weighted by atomic mass is 10.2. The molecule has 0 aliphatic rings. The highest BCUT2D eigenvalue weighted by molar-refractivity contribution is 8.04. The van der Waals surface area contributed by atoms with Gasteiger partial charge in [0.2, 0.25) is 16.4 Å². The van der Waals surface area contributed by atoms with Crippen molar-refractivity contribution < 1.29 is 35.2 Å². The molecule has 0 radical (unpaired) electrons. The molecule has 138 valence electrons. The van der Waals surface area contributed by atoms with Crippen molar-refractivity contribution in [3.8, 4) is 0 Å². The number of carbonyl (C=O) groups excluding carboxylic acids is 2. The van der Waals surface area contributed by atoms with E-state index in [2.05, 4.69) is 22.7 Å². The minimum Gasteiger partial charge on any atom is -0.352 e. The molecule has 0 rings (SSSR count). The Morgan fingerprint density at radius 1 is 1.25 bits per heavy atom. The van der Waals surface area contributed by atoms with Crippen LogP contribution >= 0.6 is 0 Å². The Balaban J connectivity index is 5.18. The fourth-order valence-corrected chi connectivity index (χ4v) is 4.61. The Hall–Kier alpha value is -1.76. The van der Waals surface area contributed by atoms with Gasteiger partial charge in [0.15, 0.2) is 0 Å². The highest BCUT2D eigenvalue weighted by atomic mass is 32.3. The Kier molecular flexibility index (Phi) is 8.26. The van der Waals surface area contributed by atoms with Gasteiger partial charge in [0, 0.05) is 18.0 Å². The molecule has 3 N–H and O–H groups in total. The van der Waals surface area contributed by atoms with Crippen molar-refractivity contribution in [1.82, 2.24) is 10.6 Å². The van der Waals surface area contributed by atoms with Crippen LogP contribution < -0.4 is 10.6 Å². The summed E-state index contributed by atoms with van der Waals surface area (Å²) in [7, 11) is -9.88. The Morgan fingerprint density at radius 3 is 2.21 bits per heavy atom. The van der Waals surface area contributed by atoms with E-state index in [0.29, 0.717) is 0 Å². The van der Waals surface area contributed by atoms with E-state index >= 15 is 0 Å². The van der Waals surface area contributed by atoms with Crippen LogP contribution in [0.5, 0.6) is 0 Å². The van der Waals surface area contributed by atoms with Crippen LogP contribution in [0.2, 0.25) is 0 Å². The second kappa shape index (κ2) is 8.92. The van der Waals surface area contributed by atoms with Crippen LogP contribution in [-0.4, -0.2) is 51.1 Å². The average molecular weight is 384 g/mol. The molecule has 0 fully saturated rings. The van der Waals surface area contributed by atoms with E-state index in [1.165, 1.54) is 13.8 Å². The maximum atomic E-state index is 12.0. The van der Waals surface area contributed by atoms with E-state index in [1.54, 1.807) is 0 Å². The molecule has 0 spiro atoms. The van der Waals surface area contributed by atoms with Gasteiger partial charge in [-0.05, 0) is 13.0 Å². The fraction of sp³-hybridized carbons (Fsp3) is 0.500. The molecular weight excluding hydrogens is 364 g/mol. The average Bonchev–Trinajstić information content (AvgIpc) is 2.42. The summed E-state index contributed by atoms with van der Waals surface area (Å²) in [6.07, 6.45) is 0.853. The molecule has 0 aliphatic heterocycles. The van der Waals surface area contributed by atoms with E-state index < -0.39 is 49.3 Å². The monoisotopic (exact) mass is 384 g/mol. The molecule has 24 heavy (non-hydrogen) atoms. The largest absolute Gasteiger partial charge is 0.352 e. The number of carbonyl (C=O) groups is 2. The Labute approximate surface area is 140 Å². The van der Waals surface area contributed by atoms with Gasteiger partial charge in [0.25, 0.3) is 20.2 Å². The first kappa shape index (κ1) is 22.2. The van der Waals surface area contributed by atoms with Crippen molar-refractivity contribution in [3.63, 3.8) is 0 Å². The van der Waals surface area contributed by atoms with Gasteiger partial charge in [-0.3, -0.25) is 14.1 Å². The van der Waals surface area contributed by atoms with Crippen LogP contribution in [0.3, 0.4) is 0 Å². The van der Waals surface area contributed by atoms with Crippen molar-refractivity contribution in [1.29, 1.82) is 0 Å². The van der Waals surface area contributed by atoms with Gasteiger partial charge < -0.3 is 10.6 Å². The quantitative estimate of drug-likeness (QED) is 0.190. The predicted octanol–water partition coefficient (Wildman–Crippen LogP) is -0.865. The molecule has 0 bridgehead atoms. The predicted molar refractivity (Wildman–Crippen MR) is 85.5 cm³/mol. The van der Waals surface area contributed by atoms with E-state index in [0.717, 1.165) is 6.08 Å². The molecule has 0 heterocycles. The SMILES string of the molecule is C=CC(=O)NCOS(=O)(=O)C(C(C)CNC(=O)C(=C)C)S(=O)(=O)O. The third-order valence-corrected chi connectivity index (χ3v) is 6.64. The highest BCUT2D eigenvalue weighted by Gasteiger charge is 2.42. The smallest absolute Gasteiger partial charge is 0.289 e.